The molecule has 0 heterocycles. The fourth-order valence-electron chi connectivity index (χ4n) is 5.04. The first kappa shape index (κ1) is 28.0. The van der Waals surface area contributed by atoms with E-state index in [1.165, 1.54) is 57.8 Å². The molecule has 170 valence electrons. The topological polar surface area (TPSA) is 0 Å². The van der Waals surface area contributed by atoms with Crippen molar-refractivity contribution in [2.45, 2.75) is 134 Å². The van der Waals surface area contributed by atoms with Gasteiger partial charge in [0.05, 0.1) is 0 Å². The Morgan fingerprint density at radius 2 is 1.11 bits per heavy atom. The molecule has 0 saturated carbocycles. The normalized spacial score (nSPS) is 21.0. The van der Waals surface area contributed by atoms with Gasteiger partial charge in [-0.25, -0.2) is 0 Å². The molecule has 0 aliphatic rings. The van der Waals surface area contributed by atoms with Crippen molar-refractivity contribution in [1.29, 1.82) is 0 Å². The molecule has 0 nitrogen and oxygen atoms in total. The van der Waals surface area contributed by atoms with Gasteiger partial charge in [0.2, 0.25) is 0 Å². The second-order valence-electron chi connectivity index (χ2n) is 11.5. The molecule has 0 saturated heterocycles. The summed E-state index contributed by atoms with van der Waals surface area (Å²) in [5.74, 6) is 5.90. The van der Waals surface area contributed by atoms with E-state index in [1.807, 2.05) is 0 Å². The zero-order chi connectivity index (χ0) is 21.9. The van der Waals surface area contributed by atoms with Gasteiger partial charge >= 0.3 is 0 Å². The molecular formula is C28H58. The van der Waals surface area contributed by atoms with Crippen LogP contribution in [0.2, 0.25) is 0 Å². The maximum Gasteiger partial charge on any atom is -0.0326 e. The van der Waals surface area contributed by atoms with E-state index in [0.717, 1.165) is 41.4 Å². The lowest BCUT2D eigenvalue weighted by Gasteiger charge is -2.35. The zero-order valence-corrected chi connectivity index (χ0v) is 21.9. The van der Waals surface area contributed by atoms with Crippen molar-refractivity contribution in [2.75, 3.05) is 0 Å². The monoisotopic (exact) mass is 394 g/mol. The predicted octanol–water partition coefficient (Wildman–Crippen LogP) is 10.0. The second kappa shape index (κ2) is 14.1. The molecule has 0 aliphatic heterocycles. The Bertz CT molecular complexity index is 370. The van der Waals surface area contributed by atoms with Crippen LogP contribution in [-0.2, 0) is 0 Å². The van der Waals surface area contributed by atoms with E-state index < -0.39 is 0 Å². The van der Waals surface area contributed by atoms with Gasteiger partial charge in [0.15, 0.2) is 0 Å². The Labute approximate surface area is 181 Å². The van der Waals surface area contributed by atoms with Gasteiger partial charge in [-0.05, 0) is 59.7 Å². The SMILES string of the molecule is CCCCCC(C)C(C)C(C)C(C)C(C)CCCC(C)(CC)CC(C)C(C)C. The third-order valence-corrected chi connectivity index (χ3v) is 8.96. The zero-order valence-electron chi connectivity index (χ0n) is 21.9. The maximum atomic E-state index is 2.54. The Hall–Kier alpha value is 0. The lowest BCUT2D eigenvalue weighted by molar-refractivity contribution is 0.146. The Morgan fingerprint density at radius 3 is 1.54 bits per heavy atom. The molecule has 0 aliphatic carbocycles. The summed E-state index contributed by atoms with van der Waals surface area (Å²) in [6, 6.07) is 0. The van der Waals surface area contributed by atoms with E-state index in [4.69, 9.17) is 0 Å². The molecule has 0 N–H and O–H groups in total. The van der Waals surface area contributed by atoms with E-state index in [0.29, 0.717) is 5.41 Å². The van der Waals surface area contributed by atoms with Crippen molar-refractivity contribution >= 4 is 0 Å². The molecule has 0 amide bonds. The first-order valence-electron chi connectivity index (χ1n) is 13.0. The lowest BCUT2D eigenvalue weighted by Crippen LogP contribution is -2.27. The average Bonchev–Trinajstić information content (AvgIpc) is 2.65. The summed E-state index contributed by atoms with van der Waals surface area (Å²) in [6.45, 7) is 27.1. The van der Waals surface area contributed by atoms with Crippen LogP contribution < -0.4 is 0 Å². The van der Waals surface area contributed by atoms with Gasteiger partial charge in [-0.1, -0.05) is 121 Å². The van der Waals surface area contributed by atoms with E-state index in [-0.39, 0.29) is 0 Å². The maximum absolute atomic E-state index is 2.54. The quantitative estimate of drug-likeness (QED) is 0.228. The fourth-order valence-corrected chi connectivity index (χ4v) is 5.04. The van der Waals surface area contributed by atoms with Crippen LogP contribution in [0.5, 0.6) is 0 Å². The van der Waals surface area contributed by atoms with Gasteiger partial charge in [-0.3, -0.25) is 0 Å². The van der Waals surface area contributed by atoms with Crippen LogP contribution in [0.15, 0.2) is 0 Å². The minimum atomic E-state index is 0.541. The molecule has 0 radical (unpaired) electrons. The van der Waals surface area contributed by atoms with Crippen molar-refractivity contribution in [3.63, 3.8) is 0 Å². The minimum absolute atomic E-state index is 0.541. The second-order valence-corrected chi connectivity index (χ2v) is 11.5. The summed E-state index contributed by atoms with van der Waals surface area (Å²) in [5.41, 5.74) is 0.541. The van der Waals surface area contributed by atoms with Gasteiger partial charge in [-0.2, -0.15) is 0 Å². The molecule has 7 atom stereocenters. The molecule has 0 aromatic rings. The van der Waals surface area contributed by atoms with Crippen LogP contribution in [0.1, 0.15) is 134 Å². The average molecular weight is 395 g/mol. The van der Waals surface area contributed by atoms with Crippen LogP contribution >= 0.6 is 0 Å². The largest absolute Gasteiger partial charge is 0.0654 e. The van der Waals surface area contributed by atoms with Gasteiger partial charge in [0, 0.05) is 0 Å². The van der Waals surface area contributed by atoms with Crippen LogP contribution in [-0.4, -0.2) is 0 Å². The smallest absolute Gasteiger partial charge is 0.0326 e. The number of hydrogen-bond donors (Lipinski definition) is 0. The summed E-state index contributed by atoms with van der Waals surface area (Å²) >= 11 is 0. The van der Waals surface area contributed by atoms with E-state index in [9.17, 15) is 0 Å². The van der Waals surface area contributed by atoms with Crippen molar-refractivity contribution < 1.29 is 0 Å². The minimum Gasteiger partial charge on any atom is -0.0654 e. The molecule has 7 unspecified atom stereocenters. The number of unbranched alkanes of at least 4 members (excludes halogenated alkanes) is 2. The van der Waals surface area contributed by atoms with Gasteiger partial charge in [0.1, 0.15) is 0 Å². The van der Waals surface area contributed by atoms with Crippen LogP contribution in [0.25, 0.3) is 0 Å². The summed E-state index contributed by atoms with van der Waals surface area (Å²) in [6.07, 6.45) is 12.5. The van der Waals surface area contributed by atoms with Crippen LogP contribution in [0.4, 0.5) is 0 Å². The highest BCUT2D eigenvalue weighted by Gasteiger charge is 2.29. The van der Waals surface area contributed by atoms with Crippen molar-refractivity contribution in [2.24, 2.45) is 46.8 Å². The van der Waals surface area contributed by atoms with E-state index in [1.54, 1.807) is 0 Å². The highest BCUT2D eigenvalue weighted by atomic mass is 14.3. The highest BCUT2D eigenvalue weighted by molar-refractivity contribution is 4.79. The summed E-state index contributed by atoms with van der Waals surface area (Å²) in [4.78, 5) is 0. The first-order valence-corrected chi connectivity index (χ1v) is 13.0. The number of rotatable bonds is 16. The first-order chi connectivity index (χ1) is 13.0. The third-order valence-electron chi connectivity index (χ3n) is 8.96. The molecule has 0 heteroatoms. The third kappa shape index (κ3) is 10.2. The van der Waals surface area contributed by atoms with E-state index >= 15 is 0 Å². The Morgan fingerprint density at radius 1 is 0.607 bits per heavy atom. The van der Waals surface area contributed by atoms with Crippen molar-refractivity contribution in [3.8, 4) is 0 Å². The van der Waals surface area contributed by atoms with Gasteiger partial charge in [0.25, 0.3) is 0 Å². The molecule has 0 bridgehead atoms. The summed E-state index contributed by atoms with van der Waals surface area (Å²) in [5, 5.41) is 0. The van der Waals surface area contributed by atoms with Crippen LogP contribution in [0.3, 0.4) is 0 Å². The Kier molecular flexibility index (Phi) is 14.1. The molecule has 0 aromatic carbocycles. The molecule has 28 heavy (non-hydrogen) atoms. The summed E-state index contributed by atoms with van der Waals surface area (Å²) in [7, 11) is 0. The molecule has 0 fully saturated rings. The molecule has 0 aromatic heterocycles. The molecule has 0 rings (SSSR count). The van der Waals surface area contributed by atoms with Gasteiger partial charge in [-0.15, -0.1) is 0 Å². The van der Waals surface area contributed by atoms with Crippen LogP contribution in [0, 0.1) is 46.8 Å². The van der Waals surface area contributed by atoms with Gasteiger partial charge < -0.3 is 0 Å². The Balaban J connectivity index is 4.49. The standard InChI is InChI=1S/C28H58/c1-12-14-15-17-22(5)25(8)27(10)26(9)23(6)18-16-19-28(11,13-2)20-24(7)21(3)4/h21-27H,12-20H2,1-11H3. The molecular weight excluding hydrogens is 336 g/mol. The number of hydrogen-bond acceptors (Lipinski definition) is 0. The lowest BCUT2D eigenvalue weighted by atomic mass is 9.70. The highest BCUT2D eigenvalue weighted by Crippen LogP contribution is 2.39. The van der Waals surface area contributed by atoms with Crippen molar-refractivity contribution in [1.82, 2.24) is 0 Å². The fraction of sp³-hybridized carbons (Fsp3) is 1.00. The van der Waals surface area contributed by atoms with Crippen molar-refractivity contribution in [3.05, 3.63) is 0 Å². The predicted molar refractivity (Wildman–Crippen MR) is 131 cm³/mol. The van der Waals surface area contributed by atoms with E-state index in [2.05, 4.69) is 76.2 Å². The molecule has 0 spiro atoms. The summed E-state index contributed by atoms with van der Waals surface area (Å²) < 4.78 is 0.